The van der Waals surface area contributed by atoms with Crippen LogP contribution < -0.4 is 0 Å². The molecule has 1 heterocycles. The van der Waals surface area contributed by atoms with E-state index in [9.17, 15) is 4.79 Å². The molecule has 0 aromatic heterocycles. The molecule has 1 fully saturated rings. The lowest BCUT2D eigenvalue weighted by Crippen LogP contribution is -2.33. The molecule has 0 bridgehead atoms. The highest BCUT2D eigenvalue weighted by molar-refractivity contribution is 6.31. The Labute approximate surface area is 131 Å². The summed E-state index contributed by atoms with van der Waals surface area (Å²) in [6.07, 6.45) is 0.869. The Bertz CT molecular complexity index is 574. The molecule has 0 saturated carbocycles. The average molecular weight is 308 g/mol. The summed E-state index contributed by atoms with van der Waals surface area (Å²) in [5.41, 5.74) is 2.70. The molecule has 1 aliphatic heterocycles. The fourth-order valence-electron chi connectivity index (χ4n) is 4.26. The van der Waals surface area contributed by atoms with Crippen molar-refractivity contribution in [2.45, 2.75) is 39.0 Å². The highest BCUT2D eigenvalue weighted by atomic mass is 35.5. The predicted molar refractivity (Wildman–Crippen MR) is 83.9 cm³/mol. The van der Waals surface area contributed by atoms with E-state index in [-0.39, 0.29) is 11.5 Å². The third-order valence-corrected chi connectivity index (χ3v) is 5.38. The summed E-state index contributed by atoms with van der Waals surface area (Å²) in [5.74, 6) is 0.781. The van der Waals surface area contributed by atoms with Gasteiger partial charge in [-0.1, -0.05) is 37.6 Å². The maximum absolute atomic E-state index is 12.1. The molecule has 0 spiro atoms. The SMILES string of the molecule is CCOC(=O)N1CC2c3cccc(Cl)c3C(C)CC2(C)C1. The van der Waals surface area contributed by atoms with Gasteiger partial charge in [0.15, 0.2) is 0 Å². The Hall–Kier alpha value is -1.22. The van der Waals surface area contributed by atoms with Crippen molar-refractivity contribution in [1.82, 2.24) is 4.90 Å². The molecule has 1 aliphatic carbocycles. The van der Waals surface area contributed by atoms with Gasteiger partial charge >= 0.3 is 6.09 Å². The van der Waals surface area contributed by atoms with Crippen molar-refractivity contribution < 1.29 is 9.53 Å². The van der Waals surface area contributed by atoms with Crippen LogP contribution in [0.2, 0.25) is 5.02 Å². The van der Waals surface area contributed by atoms with Gasteiger partial charge < -0.3 is 9.64 Å². The lowest BCUT2D eigenvalue weighted by atomic mass is 9.63. The predicted octanol–water partition coefficient (Wildman–Crippen LogP) is 4.41. The molecule has 4 heteroatoms. The number of carbonyl (C=O) groups is 1. The molecule has 3 rings (SSSR count). The number of amides is 1. The number of ether oxygens (including phenoxy) is 1. The summed E-state index contributed by atoms with van der Waals surface area (Å²) in [4.78, 5) is 13.9. The van der Waals surface area contributed by atoms with Crippen molar-refractivity contribution in [2.24, 2.45) is 5.41 Å². The van der Waals surface area contributed by atoms with E-state index in [0.717, 1.165) is 24.5 Å². The van der Waals surface area contributed by atoms with Crippen molar-refractivity contribution in [3.63, 3.8) is 0 Å². The van der Waals surface area contributed by atoms with Gasteiger partial charge in [0.05, 0.1) is 6.61 Å². The van der Waals surface area contributed by atoms with Gasteiger partial charge in [0.25, 0.3) is 0 Å². The molecule has 1 aromatic carbocycles. The van der Waals surface area contributed by atoms with Gasteiger partial charge in [-0.05, 0) is 41.9 Å². The Morgan fingerprint density at radius 1 is 1.52 bits per heavy atom. The molecule has 1 amide bonds. The number of halogens is 1. The Morgan fingerprint density at radius 2 is 2.29 bits per heavy atom. The average Bonchev–Trinajstić information content (AvgIpc) is 2.76. The second kappa shape index (κ2) is 5.20. The Balaban J connectivity index is 1.97. The van der Waals surface area contributed by atoms with Gasteiger partial charge in [0.2, 0.25) is 0 Å². The number of rotatable bonds is 1. The molecule has 2 aliphatic rings. The van der Waals surface area contributed by atoms with E-state index in [0.29, 0.717) is 18.4 Å². The Morgan fingerprint density at radius 3 is 3.00 bits per heavy atom. The van der Waals surface area contributed by atoms with E-state index in [1.807, 2.05) is 24.0 Å². The zero-order chi connectivity index (χ0) is 15.2. The molecule has 0 radical (unpaired) electrons. The quantitative estimate of drug-likeness (QED) is 0.769. The highest BCUT2D eigenvalue weighted by Gasteiger charge is 2.50. The number of fused-ring (bicyclic) bond motifs is 3. The van der Waals surface area contributed by atoms with Crippen LogP contribution in [0.4, 0.5) is 4.79 Å². The first-order valence-corrected chi connectivity index (χ1v) is 8.04. The second-order valence-corrected chi connectivity index (χ2v) is 7.04. The monoisotopic (exact) mass is 307 g/mol. The number of carbonyl (C=O) groups excluding carboxylic acids is 1. The molecule has 21 heavy (non-hydrogen) atoms. The van der Waals surface area contributed by atoms with Crippen LogP contribution in [-0.2, 0) is 4.74 Å². The topological polar surface area (TPSA) is 29.5 Å². The van der Waals surface area contributed by atoms with Crippen LogP contribution in [-0.4, -0.2) is 30.7 Å². The molecule has 3 unspecified atom stereocenters. The van der Waals surface area contributed by atoms with Crippen LogP contribution in [0.3, 0.4) is 0 Å². The summed E-state index contributed by atoms with van der Waals surface area (Å²) >= 11 is 6.42. The maximum atomic E-state index is 12.1. The van der Waals surface area contributed by atoms with Crippen LogP contribution in [0.1, 0.15) is 50.2 Å². The fourth-order valence-corrected chi connectivity index (χ4v) is 4.63. The minimum absolute atomic E-state index is 0.115. The normalized spacial score (nSPS) is 30.8. The minimum Gasteiger partial charge on any atom is -0.450 e. The summed E-state index contributed by atoms with van der Waals surface area (Å²) in [6, 6.07) is 6.17. The molecule has 1 saturated heterocycles. The molecular formula is C17H22ClNO2. The summed E-state index contributed by atoms with van der Waals surface area (Å²) in [7, 11) is 0. The lowest BCUT2D eigenvalue weighted by Gasteiger charge is -2.40. The van der Waals surface area contributed by atoms with Crippen LogP contribution in [0.25, 0.3) is 0 Å². The smallest absolute Gasteiger partial charge is 0.409 e. The van der Waals surface area contributed by atoms with Gasteiger partial charge in [-0.2, -0.15) is 0 Å². The van der Waals surface area contributed by atoms with Gasteiger partial charge in [-0.15, -0.1) is 0 Å². The van der Waals surface area contributed by atoms with Crippen LogP contribution in [0.15, 0.2) is 18.2 Å². The third kappa shape index (κ3) is 2.32. The van der Waals surface area contributed by atoms with Crippen LogP contribution >= 0.6 is 11.6 Å². The number of nitrogens with zero attached hydrogens (tertiary/aromatic N) is 1. The molecule has 3 atom stereocenters. The zero-order valence-corrected chi connectivity index (χ0v) is 13.6. The van der Waals surface area contributed by atoms with Crippen molar-refractivity contribution in [3.8, 4) is 0 Å². The first kappa shape index (κ1) is 14.7. The van der Waals surface area contributed by atoms with E-state index in [2.05, 4.69) is 19.9 Å². The van der Waals surface area contributed by atoms with Crippen molar-refractivity contribution >= 4 is 17.7 Å². The number of benzene rings is 1. The van der Waals surface area contributed by atoms with Gasteiger partial charge in [-0.3, -0.25) is 0 Å². The van der Waals surface area contributed by atoms with Crippen LogP contribution in [0, 0.1) is 5.41 Å². The lowest BCUT2D eigenvalue weighted by molar-refractivity contribution is 0.110. The van der Waals surface area contributed by atoms with Crippen molar-refractivity contribution in [2.75, 3.05) is 19.7 Å². The van der Waals surface area contributed by atoms with E-state index in [1.54, 1.807) is 0 Å². The standard InChI is InChI=1S/C17H22ClNO2/c1-4-21-16(20)19-9-13-12-6-5-7-14(18)15(12)11(2)8-17(13,3)10-19/h5-7,11,13H,4,8-10H2,1-3H3. The molecular weight excluding hydrogens is 286 g/mol. The van der Waals surface area contributed by atoms with E-state index >= 15 is 0 Å². The van der Waals surface area contributed by atoms with E-state index in [4.69, 9.17) is 16.3 Å². The molecule has 114 valence electrons. The highest BCUT2D eigenvalue weighted by Crippen LogP contribution is 2.55. The molecule has 0 N–H and O–H groups in total. The van der Waals surface area contributed by atoms with Crippen molar-refractivity contribution in [1.29, 1.82) is 0 Å². The van der Waals surface area contributed by atoms with Crippen molar-refractivity contribution in [3.05, 3.63) is 34.3 Å². The van der Waals surface area contributed by atoms with Gasteiger partial charge in [0.1, 0.15) is 0 Å². The third-order valence-electron chi connectivity index (χ3n) is 5.05. The fraction of sp³-hybridized carbons (Fsp3) is 0.588. The molecule has 1 aromatic rings. The zero-order valence-electron chi connectivity index (χ0n) is 12.9. The molecule has 3 nitrogen and oxygen atoms in total. The number of hydrogen-bond acceptors (Lipinski definition) is 2. The van der Waals surface area contributed by atoms with Crippen LogP contribution in [0.5, 0.6) is 0 Å². The van der Waals surface area contributed by atoms with E-state index < -0.39 is 0 Å². The summed E-state index contributed by atoms with van der Waals surface area (Å²) in [6.45, 7) is 8.30. The summed E-state index contributed by atoms with van der Waals surface area (Å²) in [5, 5.41) is 0.858. The minimum atomic E-state index is -0.190. The largest absolute Gasteiger partial charge is 0.450 e. The number of likely N-dealkylation sites (tertiary alicyclic amines) is 1. The first-order valence-electron chi connectivity index (χ1n) is 7.66. The second-order valence-electron chi connectivity index (χ2n) is 6.63. The number of hydrogen-bond donors (Lipinski definition) is 0. The summed E-state index contributed by atoms with van der Waals surface area (Å²) < 4.78 is 5.18. The van der Waals surface area contributed by atoms with Gasteiger partial charge in [-0.25, -0.2) is 4.79 Å². The maximum Gasteiger partial charge on any atom is 0.409 e. The Kier molecular flexibility index (Phi) is 3.64. The van der Waals surface area contributed by atoms with Gasteiger partial charge in [0, 0.05) is 24.0 Å². The first-order chi connectivity index (χ1) is 9.96. The van der Waals surface area contributed by atoms with E-state index in [1.165, 1.54) is 11.1 Å².